The summed E-state index contributed by atoms with van der Waals surface area (Å²) in [5.41, 5.74) is 3.55. The number of methoxy groups -OCH3 is 1. The second kappa shape index (κ2) is 8.78. The van der Waals surface area contributed by atoms with Gasteiger partial charge in [-0.05, 0) is 38.5 Å². The van der Waals surface area contributed by atoms with E-state index in [2.05, 4.69) is 10.3 Å². The Bertz CT molecular complexity index is 1410. The average Bonchev–Trinajstić information content (AvgIpc) is 2.81. The molecule has 2 heterocycles. The quantitative estimate of drug-likeness (QED) is 0.413. The van der Waals surface area contributed by atoms with Gasteiger partial charge in [0, 0.05) is 22.8 Å². The number of aryl methyl sites for hydroxylation is 1. The van der Waals surface area contributed by atoms with E-state index in [0.717, 1.165) is 16.7 Å². The van der Waals surface area contributed by atoms with E-state index in [1.807, 2.05) is 56.3 Å². The number of nitrogens with one attached hydrogen (secondary N) is 1. The summed E-state index contributed by atoms with van der Waals surface area (Å²) in [4.78, 5) is 29.0. The maximum Gasteiger partial charge on any atom is 0.356 e. The summed E-state index contributed by atoms with van der Waals surface area (Å²) in [6, 6.07) is 16.1. The standard InChI is InChI=1S/C26H24N2O5/c1-14-12-18(16(3)27-20-10-11-21(32-4)28-22(20)26(30)31)25-19(13-14)23(29)15(2)24(33-25)17-8-6-5-7-9-17/h5-13,16,27H,1-4H3,(H,30,31). The fourth-order valence-corrected chi connectivity index (χ4v) is 3.90. The van der Waals surface area contributed by atoms with Crippen molar-refractivity contribution in [3.05, 3.63) is 87.2 Å². The molecule has 4 rings (SSSR count). The number of nitrogens with zero attached hydrogens (tertiary/aromatic N) is 1. The highest BCUT2D eigenvalue weighted by molar-refractivity contribution is 5.92. The van der Waals surface area contributed by atoms with Crippen molar-refractivity contribution < 1.29 is 19.1 Å². The number of pyridine rings is 1. The number of hydrogen-bond donors (Lipinski definition) is 2. The topological polar surface area (TPSA) is 102 Å². The van der Waals surface area contributed by atoms with E-state index >= 15 is 0 Å². The van der Waals surface area contributed by atoms with Crippen LogP contribution >= 0.6 is 0 Å². The summed E-state index contributed by atoms with van der Waals surface area (Å²) in [6.45, 7) is 5.55. The van der Waals surface area contributed by atoms with Crippen LogP contribution in [0.2, 0.25) is 0 Å². The molecule has 7 heteroatoms. The summed E-state index contributed by atoms with van der Waals surface area (Å²) in [5.74, 6) is -0.449. The van der Waals surface area contributed by atoms with Gasteiger partial charge in [-0.3, -0.25) is 4.79 Å². The third-order valence-electron chi connectivity index (χ3n) is 5.55. The van der Waals surface area contributed by atoms with Gasteiger partial charge in [-0.2, -0.15) is 0 Å². The van der Waals surface area contributed by atoms with Crippen molar-refractivity contribution in [2.24, 2.45) is 0 Å². The molecule has 168 valence electrons. The largest absolute Gasteiger partial charge is 0.481 e. The van der Waals surface area contributed by atoms with E-state index in [0.29, 0.717) is 28.0 Å². The maximum atomic E-state index is 13.2. The van der Waals surface area contributed by atoms with Crippen LogP contribution in [0.15, 0.2) is 63.8 Å². The number of carboxylic acids is 1. The Balaban J connectivity index is 1.87. The van der Waals surface area contributed by atoms with Crippen molar-refractivity contribution in [1.82, 2.24) is 4.98 Å². The minimum Gasteiger partial charge on any atom is -0.481 e. The molecule has 1 atom stereocenters. The van der Waals surface area contributed by atoms with Gasteiger partial charge in [0.25, 0.3) is 0 Å². The zero-order chi connectivity index (χ0) is 23.7. The fraction of sp³-hybridized carbons (Fsp3) is 0.192. The van der Waals surface area contributed by atoms with Crippen molar-refractivity contribution in [2.45, 2.75) is 26.8 Å². The molecule has 2 N–H and O–H groups in total. The minimum atomic E-state index is -1.17. The lowest BCUT2D eigenvalue weighted by Crippen LogP contribution is -2.15. The summed E-state index contributed by atoms with van der Waals surface area (Å²) in [7, 11) is 1.43. The van der Waals surface area contributed by atoms with Crippen LogP contribution in [0.1, 0.15) is 40.1 Å². The lowest BCUT2D eigenvalue weighted by atomic mass is 9.98. The highest BCUT2D eigenvalue weighted by atomic mass is 16.5. The molecule has 0 aliphatic heterocycles. The number of rotatable bonds is 6. The monoisotopic (exact) mass is 444 g/mol. The zero-order valence-electron chi connectivity index (χ0n) is 18.8. The van der Waals surface area contributed by atoms with Crippen LogP contribution in [0.4, 0.5) is 5.69 Å². The third kappa shape index (κ3) is 4.17. The maximum absolute atomic E-state index is 13.2. The van der Waals surface area contributed by atoms with Crippen LogP contribution in [-0.2, 0) is 0 Å². The average molecular weight is 444 g/mol. The number of aromatic nitrogens is 1. The predicted molar refractivity (Wildman–Crippen MR) is 127 cm³/mol. The molecule has 0 radical (unpaired) electrons. The number of benzene rings is 2. The normalized spacial score (nSPS) is 11.9. The molecule has 33 heavy (non-hydrogen) atoms. The number of carboxylic acid groups (broad SMARTS) is 1. The summed E-state index contributed by atoms with van der Waals surface area (Å²) >= 11 is 0. The van der Waals surface area contributed by atoms with Gasteiger partial charge in [0.15, 0.2) is 11.1 Å². The van der Waals surface area contributed by atoms with Gasteiger partial charge in [0.2, 0.25) is 5.88 Å². The van der Waals surface area contributed by atoms with E-state index in [4.69, 9.17) is 9.15 Å². The molecule has 0 aliphatic carbocycles. The lowest BCUT2D eigenvalue weighted by molar-refractivity contribution is 0.0690. The molecule has 0 fully saturated rings. The highest BCUT2D eigenvalue weighted by Crippen LogP contribution is 2.32. The van der Waals surface area contributed by atoms with Gasteiger partial charge in [-0.15, -0.1) is 0 Å². The van der Waals surface area contributed by atoms with Crippen LogP contribution in [-0.4, -0.2) is 23.2 Å². The minimum absolute atomic E-state index is 0.0930. The second-order valence-corrected chi connectivity index (χ2v) is 7.90. The van der Waals surface area contributed by atoms with Crippen LogP contribution in [0.3, 0.4) is 0 Å². The molecular formula is C26H24N2O5. The Kier molecular flexibility index (Phi) is 5.87. The highest BCUT2D eigenvalue weighted by Gasteiger charge is 2.21. The van der Waals surface area contributed by atoms with E-state index in [9.17, 15) is 14.7 Å². The SMILES string of the molecule is COc1ccc(NC(C)c2cc(C)cc3c(=O)c(C)c(-c4ccccc4)oc23)c(C(=O)O)n1. The third-order valence-corrected chi connectivity index (χ3v) is 5.55. The molecular weight excluding hydrogens is 420 g/mol. The number of carbonyl (C=O) groups is 1. The Morgan fingerprint density at radius 2 is 1.85 bits per heavy atom. The molecule has 0 saturated carbocycles. The second-order valence-electron chi connectivity index (χ2n) is 7.90. The van der Waals surface area contributed by atoms with Crippen molar-refractivity contribution in [2.75, 3.05) is 12.4 Å². The van der Waals surface area contributed by atoms with Crippen LogP contribution in [0, 0.1) is 13.8 Å². The molecule has 0 spiro atoms. The number of fused-ring (bicyclic) bond motifs is 1. The molecule has 1 unspecified atom stereocenters. The zero-order valence-corrected chi connectivity index (χ0v) is 18.8. The van der Waals surface area contributed by atoms with Gasteiger partial charge in [0.1, 0.15) is 11.3 Å². The number of ether oxygens (including phenoxy) is 1. The molecule has 7 nitrogen and oxygen atoms in total. The molecule has 0 aliphatic rings. The van der Waals surface area contributed by atoms with Crippen molar-refractivity contribution in [1.29, 1.82) is 0 Å². The number of anilines is 1. The van der Waals surface area contributed by atoms with Crippen molar-refractivity contribution in [3.8, 4) is 17.2 Å². The number of aromatic carboxylic acids is 1. The van der Waals surface area contributed by atoms with Crippen LogP contribution in [0.5, 0.6) is 5.88 Å². The van der Waals surface area contributed by atoms with Crippen molar-refractivity contribution >= 4 is 22.6 Å². The molecule has 0 bridgehead atoms. The van der Waals surface area contributed by atoms with Crippen LogP contribution < -0.4 is 15.5 Å². The lowest BCUT2D eigenvalue weighted by Gasteiger charge is -2.20. The molecule has 0 amide bonds. The predicted octanol–water partition coefficient (Wildman–Crippen LogP) is 5.35. The van der Waals surface area contributed by atoms with Gasteiger partial charge in [-0.1, -0.05) is 36.4 Å². The Morgan fingerprint density at radius 1 is 1.12 bits per heavy atom. The van der Waals surface area contributed by atoms with E-state index < -0.39 is 5.97 Å². The Hall–Kier alpha value is -4.13. The molecule has 0 saturated heterocycles. The van der Waals surface area contributed by atoms with Gasteiger partial charge in [-0.25, -0.2) is 9.78 Å². The summed E-state index contributed by atoms with van der Waals surface area (Å²) in [6.07, 6.45) is 0. The first-order chi connectivity index (χ1) is 15.8. The fourth-order valence-electron chi connectivity index (χ4n) is 3.90. The number of hydrogen-bond acceptors (Lipinski definition) is 6. The van der Waals surface area contributed by atoms with E-state index in [1.165, 1.54) is 7.11 Å². The summed E-state index contributed by atoms with van der Waals surface area (Å²) in [5, 5.41) is 13.3. The van der Waals surface area contributed by atoms with Crippen LogP contribution in [0.25, 0.3) is 22.3 Å². The van der Waals surface area contributed by atoms with Gasteiger partial charge in [0.05, 0.1) is 24.2 Å². The smallest absolute Gasteiger partial charge is 0.356 e. The van der Waals surface area contributed by atoms with Crippen molar-refractivity contribution in [3.63, 3.8) is 0 Å². The first-order valence-electron chi connectivity index (χ1n) is 10.5. The van der Waals surface area contributed by atoms with E-state index in [1.54, 1.807) is 19.1 Å². The summed E-state index contributed by atoms with van der Waals surface area (Å²) < 4.78 is 11.4. The Morgan fingerprint density at radius 3 is 2.52 bits per heavy atom. The van der Waals surface area contributed by atoms with E-state index in [-0.39, 0.29) is 23.0 Å². The molecule has 4 aromatic rings. The molecule has 2 aromatic carbocycles. The molecule has 2 aromatic heterocycles. The first kappa shape index (κ1) is 22.1. The Labute approximate surface area is 190 Å². The first-order valence-corrected chi connectivity index (χ1v) is 10.5. The van der Waals surface area contributed by atoms with Gasteiger partial charge < -0.3 is 19.6 Å². The van der Waals surface area contributed by atoms with Gasteiger partial charge >= 0.3 is 5.97 Å².